The van der Waals surface area contributed by atoms with Gasteiger partial charge in [0.2, 0.25) is 0 Å². The van der Waals surface area contributed by atoms with Gasteiger partial charge in [0.25, 0.3) is 0 Å². The van der Waals surface area contributed by atoms with Crippen molar-refractivity contribution in [3.8, 4) is 5.75 Å². The number of aromatic nitrogens is 1. The van der Waals surface area contributed by atoms with Crippen molar-refractivity contribution in [2.45, 2.75) is 59.0 Å². The normalized spacial score (nSPS) is 10.5. The molecule has 5 nitrogen and oxygen atoms in total. The van der Waals surface area contributed by atoms with Gasteiger partial charge in [-0.05, 0) is 25.8 Å². The van der Waals surface area contributed by atoms with Crippen LogP contribution in [0, 0.1) is 6.92 Å². The summed E-state index contributed by atoms with van der Waals surface area (Å²) in [6.07, 6.45) is 8.17. The highest BCUT2D eigenvalue weighted by atomic mass is 16.5. The molecule has 1 aromatic rings. The summed E-state index contributed by atoms with van der Waals surface area (Å²) in [5.41, 5.74) is 1.66. The number of aliphatic hydroxyl groups is 1. The zero-order chi connectivity index (χ0) is 16.2. The predicted molar refractivity (Wildman–Crippen MR) is 84.7 cm³/mol. The first-order valence-corrected chi connectivity index (χ1v) is 7.96. The molecule has 124 valence electrons. The molecule has 0 radical (unpaired) electrons. The molecule has 0 unspecified atom stereocenters. The molecule has 22 heavy (non-hydrogen) atoms. The van der Waals surface area contributed by atoms with Crippen molar-refractivity contribution in [1.29, 1.82) is 0 Å². The van der Waals surface area contributed by atoms with Gasteiger partial charge in [-0.1, -0.05) is 25.7 Å². The molecule has 0 amide bonds. The summed E-state index contributed by atoms with van der Waals surface area (Å²) in [6, 6.07) is 1.84. The Labute approximate surface area is 132 Å². The molecule has 1 rings (SSSR count). The average Bonchev–Trinajstić information content (AvgIpc) is 2.50. The summed E-state index contributed by atoms with van der Waals surface area (Å²) in [5, 5.41) is 8.70. The van der Waals surface area contributed by atoms with E-state index in [0.29, 0.717) is 13.2 Å². The maximum Gasteiger partial charge on any atom is 0.303 e. The van der Waals surface area contributed by atoms with Gasteiger partial charge in [0.15, 0.2) is 0 Å². The van der Waals surface area contributed by atoms with Crippen molar-refractivity contribution in [2.24, 2.45) is 0 Å². The molecule has 0 spiro atoms. The minimum atomic E-state index is -0.311. The highest BCUT2D eigenvalue weighted by Crippen LogP contribution is 2.20. The average molecular weight is 309 g/mol. The Morgan fingerprint density at radius 2 is 1.86 bits per heavy atom. The third-order valence-electron chi connectivity index (χ3n) is 3.48. The maximum atomic E-state index is 10.9. The molecule has 0 aromatic carbocycles. The van der Waals surface area contributed by atoms with E-state index in [1.54, 1.807) is 6.20 Å². The summed E-state index contributed by atoms with van der Waals surface area (Å²) in [5.74, 6) is 0.492. The van der Waals surface area contributed by atoms with E-state index in [1.165, 1.54) is 19.8 Å². The van der Waals surface area contributed by atoms with Crippen LogP contribution in [-0.2, 0) is 16.1 Å². The van der Waals surface area contributed by atoms with Crippen LogP contribution in [0.3, 0.4) is 0 Å². The zero-order valence-corrected chi connectivity index (χ0v) is 13.6. The van der Waals surface area contributed by atoms with E-state index in [4.69, 9.17) is 14.6 Å². The second-order valence-corrected chi connectivity index (χ2v) is 5.35. The third-order valence-corrected chi connectivity index (χ3v) is 3.48. The van der Waals surface area contributed by atoms with Crippen molar-refractivity contribution in [2.75, 3.05) is 13.2 Å². The number of rotatable bonds is 11. The van der Waals surface area contributed by atoms with E-state index in [-0.39, 0.29) is 12.6 Å². The van der Waals surface area contributed by atoms with Crippen LogP contribution in [0.2, 0.25) is 0 Å². The second-order valence-electron chi connectivity index (χ2n) is 5.35. The number of nitrogens with zero attached hydrogens (tertiary/aromatic N) is 1. The lowest BCUT2D eigenvalue weighted by Gasteiger charge is -2.12. The monoisotopic (exact) mass is 309 g/mol. The molecule has 0 aliphatic heterocycles. The number of aliphatic hydroxyl groups excluding tert-OH is 1. The molecule has 1 N–H and O–H groups in total. The molecular formula is C17H27NO4. The number of carbonyl (C=O) groups excluding carboxylic acids is 1. The molecule has 0 atom stereocenters. The molecular weight excluding hydrogens is 282 g/mol. The van der Waals surface area contributed by atoms with Crippen LogP contribution in [0.1, 0.15) is 56.7 Å². The Hall–Kier alpha value is -1.62. The van der Waals surface area contributed by atoms with Crippen molar-refractivity contribution in [3.05, 3.63) is 23.5 Å². The lowest BCUT2D eigenvalue weighted by molar-refractivity contribution is -0.142. The van der Waals surface area contributed by atoms with E-state index in [1.807, 2.05) is 13.0 Å². The fourth-order valence-electron chi connectivity index (χ4n) is 2.13. The highest BCUT2D eigenvalue weighted by molar-refractivity contribution is 5.65. The molecule has 1 heterocycles. The van der Waals surface area contributed by atoms with Gasteiger partial charge in [-0.15, -0.1) is 0 Å². The smallest absolute Gasteiger partial charge is 0.303 e. The number of hydrogen-bond donors (Lipinski definition) is 1. The van der Waals surface area contributed by atoms with Crippen molar-refractivity contribution < 1.29 is 19.4 Å². The molecule has 0 fully saturated rings. The van der Waals surface area contributed by atoms with Gasteiger partial charge in [-0.25, -0.2) is 0 Å². The van der Waals surface area contributed by atoms with Gasteiger partial charge in [-0.2, -0.15) is 0 Å². The molecule has 0 aliphatic rings. The number of unbranched alkanes of at least 4 members (excludes halogenated alkanes) is 5. The third kappa shape index (κ3) is 7.41. The minimum absolute atomic E-state index is 0.184. The predicted octanol–water partition coefficient (Wildman–Crippen LogP) is 3.16. The first-order chi connectivity index (χ1) is 10.6. The fourth-order valence-corrected chi connectivity index (χ4v) is 2.13. The van der Waals surface area contributed by atoms with Gasteiger partial charge < -0.3 is 14.6 Å². The van der Waals surface area contributed by atoms with E-state index in [0.717, 1.165) is 42.7 Å². The van der Waals surface area contributed by atoms with Crippen molar-refractivity contribution in [3.63, 3.8) is 0 Å². The van der Waals surface area contributed by atoms with Crippen LogP contribution in [0.15, 0.2) is 12.3 Å². The van der Waals surface area contributed by atoms with Crippen molar-refractivity contribution >= 4 is 5.97 Å². The summed E-state index contributed by atoms with van der Waals surface area (Å²) >= 11 is 0. The van der Waals surface area contributed by atoms with Crippen LogP contribution in [0.25, 0.3) is 0 Å². The van der Waals surface area contributed by atoms with Crippen LogP contribution < -0.4 is 4.74 Å². The summed E-state index contributed by atoms with van der Waals surface area (Å²) < 4.78 is 10.8. The first kappa shape index (κ1) is 18.4. The van der Waals surface area contributed by atoms with Gasteiger partial charge in [0.05, 0.1) is 12.3 Å². The first-order valence-electron chi connectivity index (χ1n) is 7.96. The van der Waals surface area contributed by atoms with Crippen LogP contribution in [0.5, 0.6) is 5.75 Å². The Kier molecular flexibility index (Phi) is 9.23. The lowest BCUT2D eigenvalue weighted by atomic mass is 10.1. The van der Waals surface area contributed by atoms with E-state index in [9.17, 15) is 4.79 Å². The summed E-state index contributed by atoms with van der Waals surface area (Å²) in [6.45, 7) is 4.47. The number of hydrogen-bond acceptors (Lipinski definition) is 5. The van der Waals surface area contributed by atoms with Crippen molar-refractivity contribution in [1.82, 2.24) is 4.98 Å². The Morgan fingerprint density at radius 1 is 1.18 bits per heavy atom. The fraction of sp³-hybridized carbons (Fsp3) is 0.647. The van der Waals surface area contributed by atoms with E-state index >= 15 is 0 Å². The number of esters is 1. The molecule has 5 heteroatoms. The largest absolute Gasteiger partial charge is 0.493 e. The van der Waals surface area contributed by atoms with Crippen LogP contribution in [0.4, 0.5) is 0 Å². The van der Waals surface area contributed by atoms with E-state index in [2.05, 4.69) is 4.98 Å². The molecule has 0 aliphatic carbocycles. The zero-order valence-electron chi connectivity index (χ0n) is 13.6. The molecule has 0 bridgehead atoms. The number of ether oxygens (including phenoxy) is 2. The Morgan fingerprint density at radius 3 is 2.55 bits per heavy atom. The second kappa shape index (κ2) is 11.0. The maximum absolute atomic E-state index is 10.9. The highest BCUT2D eigenvalue weighted by Gasteiger charge is 2.07. The van der Waals surface area contributed by atoms with E-state index < -0.39 is 0 Å². The minimum Gasteiger partial charge on any atom is -0.493 e. The van der Waals surface area contributed by atoms with Gasteiger partial charge in [-0.3, -0.25) is 9.78 Å². The van der Waals surface area contributed by atoms with Gasteiger partial charge in [0, 0.05) is 25.3 Å². The SMILES string of the molecule is CC(=O)OCc1nccc(OCCCCCCCCO)c1C. The molecule has 0 saturated carbocycles. The summed E-state index contributed by atoms with van der Waals surface area (Å²) in [4.78, 5) is 15.1. The molecule has 1 aromatic heterocycles. The van der Waals surface area contributed by atoms with Gasteiger partial charge in [0.1, 0.15) is 12.4 Å². The number of carbonyl (C=O) groups is 1. The lowest BCUT2D eigenvalue weighted by Crippen LogP contribution is -2.05. The topological polar surface area (TPSA) is 68.7 Å². The Bertz CT molecular complexity index is 448. The quantitative estimate of drug-likeness (QED) is 0.502. The standard InChI is InChI=1S/C17H27NO4/c1-14-16(13-22-15(2)20)18-10-9-17(14)21-12-8-6-4-3-5-7-11-19/h9-10,19H,3-8,11-13H2,1-2H3. The number of pyridine rings is 1. The van der Waals surface area contributed by atoms with Gasteiger partial charge >= 0.3 is 5.97 Å². The Balaban J connectivity index is 2.27. The molecule has 0 saturated heterocycles. The van der Waals surface area contributed by atoms with Crippen LogP contribution >= 0.6 is 0 Å². The summed E-state index contributed by atoms with van der Waals surface area (Å²) in [7, 11) is 0. The van der Waals surface area contributed by atoms with Crippen LogP contribution in [-0.4, -0.2) is 29.3 Å².